The number of benzene rings is 3. The van der Waals surface area contributed by atoms with Crippen LogP contribution in [-0.4, -0.2) is 17.7 Å². The molecule has 0 amide bonds. The quantitative estimate of drug-likeness (QED) is 0.299. The van der Waals surface area contributed by atoms with Gasteiger partial charge in [0, 0.05) is 11.3 Å². The molecule has 0 aliphatic carbocycles. The fourth-order valence-electron chi connectivity index (χ4n) is 3.10. The van der Waals surface area contributed by atoms with Crippen molar-refractivity contribution in [2.24, 2.45) is 5.16 Å². The molecule has 3 aromatic carbocycles. The van der Waals surface area contributed by atoms with Gasteiger partial charge in [-0.15, -0.1) is 0 Å². The third kappa shape index (κ3) is 5.45. The topological polar surface area (TPSA) is 21.6 Å². The van der Waals surface area contributed by atoms with Crippen LogP contribution in [0.15, 0.2) is 78.0 Å². The SMILES string of the molecule is CSC/C(=N\OCc1cccc(-c2ccccc2)c1C)c1ccc(C(F)(F)F)cc1. The predicted molar refractivity (Wildman–Crippen MR) is 118 cm³/mol. The van der Waals surface area contributed by atoms with E-state index < -0.39 is 11.7 Å². The summed E-state index contributed by atoms with van der Waals surface area (Å²) in [6, 6.07) is 21.1. The molecule has 0 atom stereocenters. The van der Waals surface area contributed by atoms with Crippen LogP contribution in [0.5, 0.6) is 0 Å². The van der Waals surface area contributed by atoms with E-state index in [1.807, 2.05) is 43.5 Å². The molecule has 0 aliphatic heterocycles. The lowest BCUT2D eigenvalue weighted by atomic mass is 9.97. The minimum Gasteiger partial charge on any atom is -0.391 e. The molecular formula is C24H22F3NOS. The Hall–Kier alpha value is -2.73. The highest BCUT2D eigenvalue weighted by Gasteiger charge is 2.30. The summed E-state index contributed by atoms with van der Waals surface area (Å²) in [5, 5.41) is 4.23. The molecule has 0 saturated heterocycles. The van der Waals surface area contributed by atoms with Crippen molar-refractivity contribution in [1.29, 1.82) is 0 Å². The maximum atomic E-state index is 12.8. The van der Waals surface area contributed by atoms with Crippen molar-refractivity contribution in [1.82, 2.24) is 0 Å². The Morgan fingerprint density at radius 1 is 0.933 bits per heavy atom. The van der Waals surface area contributed by atoms with E-state index in [0.717, 1.165) is 34.4 Å². The number of alkyl halides is 3. The number of hydrogen-bond donors (Lipinski definition) is 0. The minimum atomic E-state index is -4.35. The van der Waals surface area contributed by atoms with Gasteiger partial charge in [-0.3, -0.25) is 0 Å². The molecular weight excluding hydrogens is 407 g/mol. The van der Waals surface area contributed by atoms with Crippen molar-refractivity contribution in [3.05, 3.63) is 95.1 Å². The molecule has 0 fully saturated rings. The van der Waals surface area contributed by atoms with E-state index in [2.05, 4.69) is 23.4 Å². The van der Waals surface area contributed by atoms with E-state index in [9.17, 15) is 13.2 Å². The molecule has 156 valence electrons. The molecule has 0 bridgehead atoms. The highest BCUT2D eigenvalue weighted by Crippen LogP contribution is 2.29. The van der Waals surface area contributed by atoms with Crippen LogP contribution in [0.1, 0.15) is 22.3 Å². The summed E-state index contributed by atoms with van der Waals surface area (Å²) in [5.41, 5.74) is 4.93. The van der Waals surface area contributed by atoms with E-state index in [1.165, 1.54) is 23.9 Å². The third-order valence-electron chi connectivity index (χ3n) is 4.75. The zero-order valence-electron chi connectivity index (χ0n) is 16.7. The number of halogens is 3. The van der Waals surface area contributed by atoms with Gasteiger partial charge in [0.15, 0.2) is 0 Å². The summed E-state index contributed by atoms with van der Waals surface area (Å²) in [6.07, 6.45) is -2.44. The van der Waals surface area contributed by atoms with Gasteiger partial charge in [-0.05, 0) is 47.6 Å². The van der Waals surface area contributed by atoms with E-state index in [-0.39, 0.29) is 6.61 Å². The van der Waals surface area contributed by atoms with Crippen LogP contribution in [0.25, 0.3) is 11.1 Å². The molecule has 0 unspecified atom stereocenters. The van der Waals surface area contributed by atoms with Crippen LogP contribution in [-0.2, 0) is 17.6 Å². The number of hydrogen-bond acceptors (Lipinski definition) is 3. The first-order valence-electron chi connectivity index (χ1n) is 9.39. The predicted octanol–water partition coefficient (Wildman–Crippen LogP) is 6.96. The number of rotatable bonds is 7. The average Bonchev–Trinajstić information content (AvgIpc) is 2.74. The monoisotopic (exact) mass is 429 g/mol. The standard InChI is InChI=1S/C24H22F3NOS/c1-17-20(9-6-10-22(17)18-7-4-3-5-8-18)15-29-28-23(16-30-2)19-11-13-21(14-12-19)24(25,26)27/h3-14H,15-16H2,1-2H3/b28-23+. The van der Waals surface area contributed by atoms with Crippen LogP contribution >= 0.6 is 11.8 Å². The third-order valence-corrected chi connectivity index (χ3v) is 5.31. The summed E-state index contributed by atoms with van der Waals surface area (Å²) in [5.74, 6) is 0.536. The fraction of sp³-hybridized carbons (Fsp3) is 0.208. The van der Waals surface area contributed by atoms with Gasteiger partial charge in [0.05, 0.1) is 11.3 Å². The van der Waals surface area contributed by atoms with E-state index in [4.69, 9.17) is 4.84 Å². The molecule has 0 saturated carbocycles. The first-order chi connectivity index (χ1) is 14.4. The van der Waals surface area contributed by atoms with Gasteiger partial charge in [0.25, 0.3) is 0 Å². The minimum absolute atomic E-state index is 0.283. The molecule has 0 heterocycles. The molecule has 0 N–H and O–H groups in total. The van der Waals surface area contributed by atoms with Crippen LogP contribution in [0.3, 0.4) is 0 Å². The second kappa shape index (κ2) is 9.85. The Bertz CT molecular complexity index is 999. The largest absolute Gasteiger partial charge is 0.416 e. The first-order valence-corrected chi connectivity index (χ1v) is 10.8. The van der Waals surface area contributed by atoms with Crippen LogP contribution in [0, 0.1) is 6.92 Å². The second-order valence-corrected chi connectivity index (χ2v) is 7.64. The number of thioether (sulfide) groups is 1. The van der Waals surface area contributed by atoms with E-state index >= 15 is 0 Å². The van der Waals surface area contributed by atoms with Gasteiger partial charge in [-0.25, -0.2) is 0 Å². The lowest BCUT2D eigenvalue weighted by molar-refractivity contribution is -0.137. The normalized spacial score (nSPS) is 12.1. The number of nitrogens with zero attached hydrogens (tertiary/aromatic N) is 1. The van der Waals surface area contributed by atoms with Crippen molar-refractivity contribution in [3.63, 3.8) is 0 Å². The lowest BCUT2D eigenvalue weighted by Gasteiger charge is -2.12. The molecule has 3 aromatic rings. The fourth-order valence-corrected chi connectivity index (χ4v) is 3.59. The molecule has 0 spiro atoms. The highest BCUT2D eigenvalue weighted by molar-refractivity contribution is 7.99. The first kappa shape index (κ1) is 22.0. The molecule has 0 aromatic heterocycles. The maximum absolute atomic E-state index is 12.8. The van der Waals surface area contributed by atoms with Crippen LogP contribution < -0.4 is 0 Å². The molecule has 6 heteroatoms. The Kier molecular flexibility index (Phi) is 7.21. The Morgan fingerprint density at radius 3 is 2.27 bits per heavy atom. The van der Waals surface area contributed by atoms with Crippen LogP contribution in [0.2, 0.25) is 0 Å². The number of oxime groups is 1. The summed E-state index contributed by atoms with van der Waals surface area (Å²) < 4.78 is 38.4. The van der Waals surface area contributed by atoms with Gasteiger partial charge in [0.2, 0.25) is 0 Å². The van der Waals surface area contributed by atoms with E-state index in [1.54, 1.807) is 0 Å². The van der Waals surface area contributed by atoms with Gasteiger partial charge >= 0.3 is 6.18 Å². The molecule has 0 radical (unpaired) electrons. The Balaban J connectivity index is 1.77. The lowest BCUT2D eigenvalue weighted by Crippen LogP contribution is -2.08. The van der Waals surface area contributed by atoms with Gasteiger partial charge in [-0.1, -0.05) is 65.8 Å². The van der Waals surface area contributed by atoms with Crippen molar-refractivity contribution in [2.75, 3.05) is 12.0 Å². The van der Waals surface area contributed by atoms with Gasteiger partial charge in [0.1, 0.15) is 6.61 Å². The van der Waals surface area contributed by atoms with Crippen molar-refractivity contribution < 1.29 is 18.0 Å². The van der Waals surface area contributed by atoms with Crippen molar-refractivity contribution >= 4 is 17.5 Å². The van der Waals surface area contributed by atoms with Crippen molar-refractivity contribution in [2.45, 2.75) is 19.7 Å². The van der Waals surface area contributed by atoms with Gasteiger partial charge < -0.3 is 4.84 Å². The van der Waals surface area contributed by atoms with Crippen molar-refractivity contribution in [3.8, 4) is 11.1 Å². The Morgan fingerprint density at radius 2 is 1.63 bits per heavy atom. The summed E-state index contributed by atoms with van der Waals surface area (Å²) in [6.45, 7) is 2.33. The summed E-state index contributed by atoms with van der Waals surface area (Å²) in [7, 11) is 0. The maximum Gasteiger partial charge on any atom is 0.416 e. The highest BCUT2D eigenvalue weighted by atomic mass is 32.2. The zero-order valence-corrected chi connectivity index (χ0v) is 17.6. The molecule has 30 heavy (non-hydrogen) atoms. The van der Waals surface area contributed by atoms with Gasteiger partial charge in [-0.2, -0.15) is 24.9 Å². The smallest absolute Gasteiger partial charge is 0.391 e. The van der Waals surface area contributed by atoms with Crippen LogP contribution in [0.4, 0.5) is 13.2 Å². The van der Waals surface area contributed by atoms with E-state index in [0.29, 0.717) is 17.0 Å². The molecule has 3 rings (SSSR count). The second-order valence-electron chi connectivity index (χ2n) is 6.78. The molecule has 0 aliphatic rings. The molecule has 2 nitrogen and oxygen atoms in total. The zero-order chi connectivity index (χ0) is 21.6. The summed E-state index contributed by atoms with van der Waals surface area (Å²) >= 11 is 1.53. The Labute approximate surface area is 178 Å². The average molecular weight is 430 g/mol. The summed E-state index contributed by atoms with van der Waals surface area (Å²) in [4.78, 5) is 5.61.